The average Bonchev–Trinajstić information content (AvgIpc) is 3.22. The largest absolute Gasteiger partial charge is 0.469 e. The van der Waals surface area contributed by atoms with Crippen LogP contribution in [0.2, 0.25) is 0 Å². The summed E-state index contributed by atoms with van der Waals surface area (Å²) in [6.45, 7) is 1.87. The molecule has 4 heterocycles. The molecule has 0 aromatic rings. The molecule has 0 aliphatic carbocycles. The van der Waals surface area contributed by atoms with Gasteiger partial charge in [-0.05, 0) is 12.8 Å². The van der Waals surface area contributed by atoms with Crippen LogP contribution in [0.15, 0.2) is 12.2 Å². The van der Waals surface area contributed by atoms with Crippen molar-refractivity contribution in [3.63, 3.8) is 0 Å². The Labute approximate surface area is 123 Å². The van der Waals surface area contributed by atoms with Crippen molar-refractivity contribution in [2.75, 3.05) is 26.8 Å². The summed E-state index contributed by atoms with van der Waals surface area (Å²) in [4.78, 5) is 26.5. The molecule has 21 heavy (non-hydrogen) atoms. The molecule has 0 aromatic carbocycles. The van der Waals surface area contributed by atoms with Gasteiger partial charge in [-0.15, -0.1) is 0 Å². The van der Waals surface area contributed by atoms with E-state index in [9.17, 15) is 9.59 Å². The van der Waals surface area contributed by atoms with Crippen molar-refractivity contribution < 1.29 is 23.8 Å². The summed E-state index contributed by atoms with van der Waals surface area (Å²) < 4.78 is 16.4. The lowest BCUT2D eigenvalue weighted by Gasteiger charge is -2.23. The van der Waals surface area contributed by atoms with E-state index in [0.29, 0.717) is 13.1 Å². The number of esters is 1. The zero-order chi connectivity index (χ0) is 14.6. The predicted octanol–water partition coefficient (Wildman–Crippen LogP) is 0.120. The smallest absolute Gasteiger partial charge is 0.312 e. The molecule has 3 saturated heterocycles. The lowest BCUT2D eigenvalue weighted by molar-refractivity contribution is -0.151. The van der Waals surface area contributed by atoms with Crippen LogP contribution in [0, 0.1) is 11.8 Å². The number of carbonyl (C=O) groups is 2. The van der Waals surface area contributed by atoms with Crippen LogP contribution < -0.4 is 0 Å². The predicted molar refractivity (Wildman–Crippen MR) is 71.3 cm³/mol. The van der Waals surface area contributed by atoms with E-state index in [0.717, 1.165) is 19.4 Å². The van der Waals surface area contributed by atoms with Crippen molar-refractivity contribution in [2.24, 2.45) is 11.8 Å². The third-order valence-electron chi connectivity index (χ3n) is 5.10. The standard InChI is InChI=1S/C15H19NO5/c1-19-14(18)11-10-4-5-15(21-10)8-16(13(17)12(11)15)7-9-3-2-6-20-9/h4-5,9-12H,2-3,6-8H2,1H3/t9-,10+,11+,12-,15+/m0/s1. The first-order valence-corrected chi connectivity index (χ1v) is 7.50. The Bertz CT molecular complexity index is 512. The van der Waals surface area contributed by atoms with Gasteiger partial charge in [0.2, 0.25) is 5.91 Å². The van der Waals surface area contributed by atoms with Gasteiger partial charge < -0.3 is 19.1 Å². The molecular formula is C15H19NO5. The van der Waals surface area contributed by atoms with E-state index in [4.69, 9.17) is 14.2 Å². The van der Waals surface area contributed by atoms with E-state index in [1.165, 1.54) is 7.11 Å². The summed E-state index contributed by atoms with van der Waals surface area (Å²) in [5.74, 6) is -1.32. The molecule has 114 valence electrons. The normalized spacial score (nSPS) is 43.7. The van der Waals surface area contributed by atoms with Gasteiger partial charge in [-0.25, -0.2) is 0 Å². The molecule has 4 aliphatic rings. The molecule has 0 saturated carbocycles. The summed E-state index contributed by atoms with van der Waals surface area (Å²) in [5.41, 5.74) is -0.640. The number of ether oxygens (including phenoxy) is 3. The molecular weight excluding hydrogens is 274 g/mol. The molecule has 6 nitrogen and oxygen atoms in total. The Hall–Kier alpha value is -1.40. The molecule has 0 N–H and O–H groups in total. The third kappa shape index (κ3) is 1.78. The van der Waals surface area contributed by atoms with E-state index in [-0.39, 0.29) is 24.1 Å². The minimum atomic E-state index is -0.640. The van der Waals surface area contributed by atoms with E-state index in [1.54, 1.807) is 4.90 Å². The highest BCUT2D eigenvalue weighted by atomic mass is 16.5. The number of carbonyl (C=O) groups excluding carboxylic acids is 2. The van der Waals surface area contributed by atoms with Crippen LogP contribution in [0.3, 0.4) is 0 Å². The number of nitrogens with zero attached hydrogens (tertiary/aromatic N) is 1. The van der Waals surface area contributed by atoms with Gasteiger partial charge in [0.15, 0.2) is 0 Å². The summed E-state index contributed by atoms with van der Waals surface area (Å²) in [7, 11) is 1.36. The Morgan fingerprint density at radius 1 is 1.57 bits per heavy atom. The van der Waals surface area contributed by atoms with Gasteiger partial charge in [-0.3, -0.25) is 9.59 Å². The Morgan fingerprint density at radius 3 is 3.14 bits per heavy atom. The second kappa shape index (κ2) is 4.55. The SMILES string of the molecule is COC(=O)[C@H]1[C@H]2C(=O)N(C[C@@H]3CCCO3)C[C@]23C=C[C@H]1O3. The zero-order valence-corrected chi connectivity index (χ0v) is 12.0. The summed E-state index contributed by atoms with van der Waals surface area (Å²) in [6.07, 6.45) is 5.67. The summed E-state index contributed by atoms with van der Waals surface area (Å²) in [6, 6.07) is 0. The Balaban J connectivity index is 1.57. The molecule has 6 heteroatoms. The molecule has 4 aliphatic heterocycles. The number of rotatable bonds is 3. The van der Waals surface area contributed by atoms with Crippen LogP contribution in [0.4, 0.5) is 0 Å². The van der Waals surface area contributed by atoms with Crippen molar-refractivity contribution in [1.29, 1.82) is 0 Å². The first kappa shape index (κ1) is 13.3. The molecule has 1 spiro atoms. The van der Waals surface area contributed by atoms with Gasteiger partial charge in [0.1, 0.15) is 11.5 Å². The van der Waals surface area contributed by atoms with Crippen molar-refractivity contribution in [3.8, 4) is 0 Å². The second-order valence-electron chi connectivity index (χ2n) is 6.28. The molecule has 4 rings (SSSR count). The van der Waals surface area contributed by atoms with E-state index in [1.807, 2.05) is 12.2 Å². The summed E-state index contributed by atoms with van der Waals surface area (Å²) >= 11 is 0. The van der Waals surface area contributed by atoms with Gasteiger partial charge in [-0.1, -0.05) is 12.2 Å². The zero-order valence-electron chi connectivity index (χ0n) is 12.0. The lowest BCUT2D eigenvalue weighted by atomic mass is 9.77. The van der Waals surface area contributed by atoms with Crippen molar-refractivity contribution in [3.05, 3.63) is 12.2 Å². The number of hydrogen-bond acceptors (Lipinski definition) is 5. The second-order valence-corrected chi connectivity index (χ2v) is 6.28. The molecule has 0 aromatic heterocycles. The van der Waals surface area contributed by atoms with Gasteiger partial charge in [0.05, 0.1) is 31.8 Å². The van der Waals surface area contributed by atoms with Crippen molar-refractivity contribution >= 4 is 11.9 Å². The minimum Gasteiger partial charge on any atom is -0.469 e. The van der Waals surface area contributed by atoms with E-state index < -0.39 is 17.4 Å². The lowest BCUT2D eigenvalue weighted by Crippen LogP contribution is -2.40. The van der Waals surface area contributed by atoms with Crippen LogP contribution >= 0.6 is 0 Å². The van der Waals surface area contributed by atoms with Gasteiger partial charge in [-0.2, -0.15) is 0 Å². The Kier molecular flexibility index (Phi) is 2.87. The third-order valence-corrected chi connectivity index (χ3v) is 5.10. The highest BCUT2D eigenvalue weighted by molar-refractivity contribution is 5.91. The van der Waals surface area contributed by atoms with Crippen LogP contribution in [-0.4, -0.2) is 61.4 Å². The van der Waals surface area contributed by atoms with Gasteiger partial charge >= 0.3 is 5.97 Å². The number of methoxy groups -OCH3 is 1. The number of fused-ring (bicyclic) bond motifs is 1. The highest BCUT2D eigenvalue weighted by Gasteiger charge is 2.67. The van der Waals surface area contributed by atoms with Gasteiger partial charge in [0.25, 0.3) is 0 Å². The fourth-order valence-electron chi connectivity index (χ4n) is 4.17. The van der Waals surface area contributed by atoms with Crippen LogP contribution in [0.25, 0.3) is 0 Å². The van der Waals surface area contributed by atoms with Crippen LogP contribution in [-0.2, 0) is 23.8 Å². The quantitative estimate of drug-likeness (QED) is 0.546. The summed E-state index contributed by atoms with van der Waals surface area (Å²) in [5, 5.41) is 0. The molecule has 5 atom stereocenters. The first-order valence-electron chi connectivity index (χ1n) is 7.50. The van der Waals surface area contributed by atoms with E-state index in [2.05, 4.69) is 0 Å². The van der Waals surface area contributed by atoms with Crippen LogP contribution in [0.5, 0.6) is 0 Å². The molecule has 0 radical (unpaired) electrons. The number of amides is 1. The number of hydrogen-bond donors (Lipinski definition) is 0. The highest BCUT2D eigenvalue weighted by Crippen LogP contribution is 2.52. The van der Waals surface area contributed by atoms with Crippen molar-refractivity contribution in [2.45, 2.75) is 30.7 Å². The average molecular weight is 293 g/mol. The minimum absolute atomic E-state index is 0.00671. The maximum absolute atomic E-state index is 12.7. The first-order chi connectivity index (χ1) is 10.1. The van der Waals surface area contributed by atoms with Crippen molar-refractivity contribution in [1.82, 2.24) is 4.90 Å². The fraction of sp³-hybridized carbons (Fsp3) is 0.733. The number of likely N-dealkylation sites (tertiary alicyclic amines) is 1. The topological polar surface area (TPSA) is 65.1 Å². The fourth-order valence-corrected chi connectivity index (χ4v) is 4.17. The van der Waals surface area contributed by atoms with Crippen LogP contribution in [0.1, 0.15) is 12.8 Å². The molecule has 1 amide bonds. The van der Waals surface area contributed by atoms with Gasteiger partial charge in [0, 0.05) is 13.2 Å². The molecule has 0 unspecified atom stereocenters. The maximum atomic E-state index is 12.7. The molecule has 3 fully saturated rings. The Morgan fingerprint density at radius 2 is 2.43 bits per heavy atom. The van der Waals surface area contributed by atoms with E-state index >= 15 is 0 Å². The monoisotopic (exact) mass is 293 g/mol. The molecule has 2 bridgehead atoms. The maximum Gasteiger partial charge on any atom is 0.312 e.